The van der Waals surface area contributed by atoms with Gasteiger partial charge in [0.1, 0.15) is 0 Å². The van der Waals surface area contributed by atoms with Gasteiger partial charge in [-0.05, 0) is 0 Å². The molecule has 0 aliphatic carbocycles. The molecule has 0 amide bonds. The second kappa shape index (κ2) is 5.42. The van der Waals surface area contributed by atoms with Gasteiger partial charge in [0.25, 0.3) is 0 Å². The number of hydrogen-bond acceptors (Lipinski definition) is 2. The molecule has 0 radical (unpaired) electrons. The van der Waals surface area contributed by atoms with Gasteiger partial charge in [0.15, 0.2) is 0 Å². The maximum atomic E-state index is 5.78. The summed E-state index contributed by atoms with van der Waals surface area (Å²) in [6, 6.07) is 20.3. The minimum atomic E-state index is -2.50. The van der Waals surface area contributed by atoms with Crippen LogP contribution in [-0.4, -0.2) is 14.2 Å². The summed E-state index contributed by atoms with van der Waals surface area (Å²) in [4.78, 5) is 0. The molecule has 2 rings (SSSR count). The first-order valence-corrected chi connectivity index (χ1v) is 7.36. The second-order valence-electron chi connectivity index (χ2n) is 3.76. The van der Waals surface area contributed by atoms with Gasteiger partial charge >= 0.3 is 102 Å². The van der Waals surface area contributed by atoms with E-state index in [1.54, 1.807) is 14.2 Å². The standard InChI is InChI=1S/C14H17O2P/c1-15-17(16-2,13-9-5-3-6-10-13)14-11-7-4-8-12-14/h3-12,17H,1-2H3. The first-order chi connectivity index (χ1) is 8.33. The van der Waals surface area contributed by atoms with E-state index in [2.05, 4.69) is 24.3 Å². The molecule has 0 aliphatic heterocycles. The molecule has 2 aromatic carbocycles. The third-order valence-corrected chi connectivity index (χ3v) is 6.22. The Morgan fingerprint density at radius 3 is 1.29 bits per heavy atom. The van der Waals surface area contributed by atoms with Gasteiger partial charge in [-0.15, -0.1) is 0 Å². The van der Waals surface area contributed by atoms with Gasteiger partial charge in [-0.25, -0.2) is 0 Å². The van der Waals surface area contributed by atoms with Crippen LogP contribution in [-0.2, 0) is 9.05 Å². The molecule has 0 spiro atoms. The van der Waals surface area contributed by atoms with Crippen molar-refractivity contribution in [3.63, 3.8) is 0 Å². The van der Waals surface area contributed by atoms with Crippen LogP contribution in [0.25, 0.3) is 0 Å². The van der Waals surface area contributed by atoms with E-state index < -0.39 is 7.72 Å². The van der Waals surface area contributed by atoms with Crippen LogP contribution < -0.4 is 10.6 Å². The van der Waals surface area contributed by atoms with E-state index in [0.29, 0.717) is 0 Å². The van der Waals surface area contributed by atoms with E-state index in [1.807, 2.05) is 36.4 Å². The molecule has 2 aromatic rings. The molecule has 90 valence electrons. The van der Waals surface area contributed by atoms with Crippen LogP contribution in [0.1, 0.15) is 0 Å². The first kappa shape index (κ1) is 12.3. The summed E-state index contributed by atoms with van der Waals surface area (Å²) < 4.78 is 11.6. The molecule has 0 heterocycles. The van der Waals surface area contributed by atoms with Crippen LogP contribution in [0.3, 0.4) is 0 Å². The van der Waals surface area contributed by atoms with Gasteiger partial charge in [0.05, 0.1) is 0 Å². The van der Waals surface area contributed by atoms with Crippen molar-refractivity contribution >= 4 is 18.3 Å². The topological polar surface area (TPSA) is 18.5 Å². The molecule has 0 N–H and O–H groups in total. The Hall–Kier alpha value is -1.21. The molecule has 3 heteroatoms. The summed E-state index contributed by atoms with van der Waals surface area (Å²) in [5, 5.41) is 2.24. The van der Waals surface area contributed by atoms with Crippen LogP contribution in [0, 0.1) is 0 Å². The molecule has 0 aromatic heterocycles. The monoisotopic (exact) mass is 248 g/mol. The molecule has 0 aliphatic rings. The average Bonchev–Trinajstić information content (AvgIpc) is 2.43. The second-order valence-corrected chi connectivity index (χ2v) is 6.96. The van der Waals surface area contributed by atoms with Crippen LogP contribution in [0.2, 0.25) is 0 Å². The van der Waals surface area contributed by atoms with E-state index in [4.69, 9.17) is 9.05 Å². The first-order valence-electron chi connectivity index (χ1n) is 5.55. The van der Waals surface area contributed by atoms with Crippen molar-refractivity contribution in [3.8, 4) is 0 Å². The van der Waals surface area contributed by atoms with Gasteiger partial charge in [-0.1, -0.05) is 0 Å². The van der Waals surface area contributed by atoms with Gasteiger partial charge < -0.3 is 0 Å². The van der Waals surface area contributed by atoms with Gasteiger partial charge in [0, 0.05) is 0 Å². The van der Waals surface area contributed by atoms with E-state index in [1.165, 1.54) is 0 Å². The minimum absolute atomic E-state index is 1.12. The van der Waals surface area contributed by atoms with E-state index in [9.17, 15) is 0 Å². The van der Waals surface area contributed by atoms with E-state index >= 15 is 0 Å². The predicted octanol–water partition coefficient (Wildman–Crippen LogP) is 2.51. The summed E-state index contributed by atoms with van der Waals surface area (Å²) in [6.07, 6.45) is 0. The van der Waals surface area contributed by atoms with Crippen LogP contribution in [0.15, 0.2) is 60.7 Å². The van der Waals surface area contributed by atoms with Crippen molar-refractivity contribution in [2.24, 2.45) is 0 Å². The van der Waals surface area contributed by atoms with Crippen molar-refractivity contribution < 1.29 is 9.05 Å². The Balaban J connectivity index is 2.54. The normalized spacial score (nSPS) is 12.4. The van der Waals surface area contributed by atoms with Crippen LogP contribution in [0.5, 0.6) is 0 Å². The fraction of sp³-hybridized carbons (Fsp3) is 0.143. The Bertz CT molecular complexity index is 411. The molecule has 0 unspecified atom stereocenters. The Morgan fingerprint density at radius 2 is 1.00 bits per heavy atom. The Morgan fingerprint density at radius 1 is 0.647 bits per heavy atom. The van der Waals surface area contributed by atoms with Crippen molar-refractivity contribution in [3.05, 3.63) is 60.7 Å². The Kier molecular flexibility index (Phi) is 3.90. The number of benzene rings is 2. The van der Waals surface area contributed by atoms with Gasteiger partial charge in [-0.3, -0.25) is 0 Å². The fourth-order valence-corrected chi connectivity index (χ4v) is 4.74. The molecule has 17 heavy (non-hydrogen) atoms. The number of rotatable bonds is 4. The van der Waals surface area contributed by atoms with Gasteiger partial charge in [-0.2, -0.15) is 0 Å². The molecule has 0 saturated carbocycles. The van der Waals surface area contributed by atoms with E-state index in [-0.39, 0.29) is 0 Å². The van der Waals surface area contributed by atoms with Crippen molar-refractivity contribution in [2.45, 2.75) is 0 Å². The molecular weight excluding hydrogens is 231 g/mol. The number of hydrogen-bond donors (Lipinski definition) is 0. The molecule has 0 bridgehead atoms. The predicted molar refractivity (Wildman–Crippen MR) is 74.5 cm³/mol. The molecule has 0 fully saturated rings. The summed E-state index contributed by atoms with van der Waals surface area (Å²) in [5.74, 6) is 0. The van der Waals surface area contributed by atoms with Crippen molar-refractivity contribution in [1.82, 2.24) is 0 Å². The molecule has 0 atom stereocenters. The zero-order valence-corrected chi connectivity index (χ0v) is 11.1. The Labute approximate surface area is 103 Å². The van der Waals surface area contributed by atoms with Crippen molar-refractivity contribution in [1.29, 1.82) is 0 Å². The summed E-state index contributed by atoms with van der Waals surface area (Å²) in [6.45, 7) is 0. The molecule has 2 nitrogen and oxygen atoms in total. The quantitative estimate of drug-likeness (QED) is 0.774. The molecular formula is C14H17O2P. The summed E-state index contributed by atoms with van der Waals surface area (Å²) >= 11 is 0. The van der Waals surface area contributed by atoms with Crippen LogP contribution in [0.4, 0.5) is 0 Å². The summed E-state index contributed by atoms with van der Waals surface area (Å²) in [5.41, 5.74) is 0. The SMILES string of the molecule is CO[PH](OC)(c1ccccc1)c1ccccc1. The third kappa shape index (κ3) is 2.25. The average molecular weight is 248 g/mol. The zero-order chi connectivity index (χ0) is 12.1. The summed E-state index contributed by atoms with van der Waals surface area (Å²) in [7, 11) is 0.940. The molecule has 0 saturated heterocycles. The zero-order valence-electron chi connectivity index (χ0n) is 10.1. The van der Waals surface area contributed by atoms with Crippen LogP contribution >= 0.6 is 7.72 Å². The fourth-order valence-electron chi connectivity index (χ4n) is 2.04. The van der Waals surface area contributed by atoms with Gasteiger partial charge in [0.2, 0.25) is 0 Å². The third-order valence-electron chi connectivity index (χ3n) is 2.88. The van der Waals surface area contributed by atoms with Crippen molar-refractivity contribution in [2.75, 3.05) is 14.2 Å². The maximum absolute atomic E-state index is 5.78. The van der Waals surface area contributed by atoms with E-state index in [0.717, 1.165) is 10.6 Å².